The minimum Gasteiger partial charge on any atom is -0.495 e. The molecule has 24 heavy (non-hydrogen) atoms. The first kappa shape index (κ1) is 17.3. The lowest BCUT2D eigenvalue weighted by atomic mass is 10.2. The van der Waals surface area contributed by atoms with Crippen LogP contribution in [0, 0.1) is 11.3 Å². The second-order valence-corrected chi connectivity index (χ2v) is 5.11. The number of benzene rings is 1. The number of amides is 1. The molecule has 0 atom stereocenters. The third-order valence-corrected chi connectivity index (χ3v) is 3.27. The molecule has 2 rings (SSSR count). The molecule has 0 saturated heterocycles. The van der Waals surface area contributed by atoms with Crippen molar-refractivity contribution in [2.24, 2.45) is 0 Å². The fourth-order valence-corrected chi connectivity index (χ4v) is 2.05. The number of anilines is 1. The van der Waals surface area contributed by atoms with Crippen LogP contribution in [0.1, 0.15) is 5.69 Å². The van der Waals surface area contributed by atoms with Crippen LogP contribution in [0.3, 0.4) is 0 Å². The number of nitrogens with zero attached hydrogens (tertiary/aromatic N) is 2. The second kappa shape index (κ2) is 8.56. The molecule has 122 valence electrons. The number of carbonyl (C=O) groups is 1. The van der Waals surface area contributed by atoms with Gasteiger partial charge in [-0.1, -0.05) is 17.7 Å². The SMILES string of the molecule is COc1ccc(Cl)cc1NC(=O)/C(C#N)=C\NCc1ccccn1. The molecule has 2 aromatic rings. The third-order valence-electron chi connectivity index (χ3n) is 3.03. The minimum absolute atomic E-state index is 0.0760. The van der Waals surface area contributed by atoms with Crippen molar-refractivity contribution in [2.45, 2.75) is 6.54 Å². The van der Waals surface area contributed by atoms with Crippen LogP contribution < -0.4 is 15.4 Å². The normalized spacial score (nSPS) is 10.6. The zero-order valence-corrected chi connectivity index (χ0v) is 13.7. The van der Waals surface area contributed by atoms with Gasteiger partial charge >= 0.3 is 0 Å². The molecule has 6 nitrogen and oxygen atoms in total. The number of rotatable bonds is 6. The van der Waals surface area contributed by atoms with Crippen molar-refractivity contribution in [1.82, 2.24) is 10.3 Å². The first-order chi connectivity index (χ1) is 11.6. The largest absolute Gasteiger partial charge is 0.495 e. The van der Waals surface area contributed by atoms with Crippen molar-refractivity contribution >= 4 is 23.2 Å². The van der Waals surface area contributed by atoms with E-state index in [0.29, 0.717) is 23.0 Å². The van der Waals surface area contributed by atoms with Crippen molar-refractivity contribution in [2.75, 3.05) is 12.4 Å². The lowest BCUT2D eigenvalue weighted by molar-refractivity contribution is -0.112. The summed E-state index contributed by atoms with van der Waals surface area (Å²) in [5.74, 6) is -0.113. The summed E-state index contributed by atoms with van der Waals surface area (Å²) in [6, 6.07) is 12.2. The molecule has 0 aliphatic carbocycles. The highest BCUT2D eigenvalue weighted by Crippen LogP contribution is 2.27. The molecule has 0 radical (unpaired) electrons. The molecule has 7 heteroatoms. The molecule has 2 N–H and O–H groups in total. The summed E-state index contributed by atoms with van der Waals surface area (Å²) in [6.07, 6.45) is 3.02. The molecule has 0 fully saturated rings. The maximum Gasteiger partial charge on any atom is 0.267 e. The van der Waals surface area contributed by atoms with Gasteiger partial charge in [0, 0.05) is 17.4 Å². The van der Waals surface area contributed by atoms with E-state index in [0.717, 1.165) is 5.69 Å². The monoisotopic (exact) mass is 342 g/mol. The quantitative estimate of drug-likeness (QED) is 0.622. The third kappa shape index (κ3) is 4.73. The summed E-state index contributed by atoms with van der Waals surface area (Å²) in [7, 11) is 1.48. The number of hydrogen-bond donors (Lipinski definition) is 2. The van der Waals surface area contributed by atoms with E-state index in [2.05, 4.69) is 15.6 Å². The van der Waals surface area contributed by atoms with Gasteiger partial charge in [-0.3, -0.25) is 9.78 Å². The van der Waals surface area contributed by atoms with Gasteiger partial charge in [-0.25, -0.2) is 0 Å². The number of nitriles is 1. The van der Waals surface area contributed by atoms with Crippen LogP contribution in [-0.4, -0.2) is 18.0 Å². The number of methoxy groups -OCH3 is 1. The Morgan fingerprint density at radius 2 is 2.25 bits per heavy atom. The molecule has 1 amide bonds. The number of nitrogens with one attached hydrogen (secondary N) is 2. The van der Waals surface area contributed by atoms with Crippen LogP contribution in [-0.2, 0) is 11.3 Å². The van der Waals surface area contributed by atoms with Gasteiger partial charge in [0.1, 0.15) is 17.4 Å². The Morgan fingerprint density at radius 3 is 2.92 bits per heavy atom. The molecule has 0 aliphatic heterocycles. The van der Waals surface area contributed by atoms with E-state index in [9.17, 15) is 4.79 Å². The molecule has 1 aromatic heterocycles. The molecule has 1 aromatic carbocycles. The molecule has 0 spiro atoms. The van der Waals surface area contributed by atoms with Crippen molar-refractivity contribution in [3.8, 4) is 11.8 Å². The van der Waals surface area contributed by atoms with E-state index in [1.165, 1.54) is 13.3 Å². The van der Waals surface area contributed by atoms with Crippen LogP contribution in [0.25, 0.3) is 0 Å². The molecule has 1 heterocycles. The Hall–Kier alpha value is -3.04. The average Bonchev–Trinajstić information content (AvgIpc) is 2.60. The highest BCUT2D eigenvalue weighted by atomic mass is 35.5. The average molecular weight is 343 g/mol. The van der Waals surface area contributed by atoms with Crippen LogP contribution >= 0.6 is 11.6 Å². The Balaban J connectivity index is 2.05. The lowest BCUT2D eigenvalue weighted by Gasteiger charge is -2.10. The van der Waals surface area contributed by atoms with Gasteiger partial charge in [-0.15, -0.1) is 0 Å². The first-order valence-electron chi connectivity index (χ1n) is 7.02. The highest BCUT2D eigenvalue weighted by Gasteiger charge is 2.12. The van der Waals surface area contributed by atoms with Gasteiger partial charge in [0.15, 0.2) is 0 Å². The second-order valence-electron chi connectivity index (χ2n) is 4.67. The van der Waals surface area contributed by atoms with E-state index in [-0.39, 0.29) is 5.57 Å². The number of halogens is 1. The highest BCUT2D eigenvalue weighted by molar-refractivity contribution is 6.31. The van der Waals surface area contributed by atoms with Gasteiger partial charge < -0.3 is 15.4 Å². The zero-order valence-electron chi connectivity index (χ0n) is 12.9. The molecule has 0 bridgehead atoms. The Bertz CT molecular complexity index is 785. The zero-order chi connectivity index (χ0) is 17.4. The van der Waals surface area contributed by atoms with Crippen molar-refractivity contribution in [3.05, 3.63) is 65.1 Å². The Kier molecular flexibility index (Phi) is 6.17. The molecule has 0 aliphatic rings. The van der Waals surface area contributed by atoms with Crippen molar-refractivity contribution in [1.29, 1.82) is 5.26 Å². The predicted molar refractivity (Wildman–Crippen MR) is 91.4 cm³/mol. The standard InChI is InChI=1S/C17H15ClN4O2/c1-24-16-6-5-13(18)8-15(16)22-17(23)12(9-19)10-20-11-14-4-2-3-7-21-14/h2-8,10,20H,11H2,1H3,(H,22,23)/b12-10-. The summed E-state index contributed by atoms with van der Waals surface area (Å²) in [5, 5.41) is 15.1. The number of pyridine rings is 1. The van der Waals surface area contributed by atoms with Gasteiger partial charge in [-0.05, 0) is 30.3 Å². The topological polar surface area (TPSA) is 87.0 Å². The Labute approximate surface area is 144 Å². The van der Waals surface area contributed by atoms with Gasteiger partial charge in [-0.2, -0.15) is 5.26 Å². The fourth-order valence-electron chi connectivity index (χ4n) is 1.88. The van der Waals surface area contributed by atoms with Crippen molar-refractivity contribution in [3.63, 3.8) is 0 Å². The number of aromatic nitrogens is 1. The van der Waals surface area contributed by atoms with Crippen LogP contribution in [0.2, 0.25) is 5.02 Å². The van der Waals surface area contributed by atoms with Crippen LogP contribution in [0.5, 0.6) is 5.75 Å². The minimum atomic E-state index is -0.563. The number of hydrogen-bond acceptors (Lipinski definition) is 5. The maximum atomic E-state index is 12.2. The van der Waals surface area contributed by atoms with Crippen LogP contribution in [0.15, 0.2) is 54.4 Å². The maximum absolute atomic E-state index is 12.2. The molecular weight excluding hydrogens is 328 g/mol. The van der Waals surface area contributed by atoms with Gasteiger partial charge in [0.25, 0.3) is 5.91 Å². The van der Waals surface area contributed by atoms with E-state index in [1.807, 2.05) is 24.3 Å². The summed E-state index contributed by atoms with van der Waals surface area (Å²) >= 11 is 5.92. The predicted octanol–water partition coefficient (Wildman–Crippen LogP) is 2.88. The summed E-state index contributed by atoms with van der Waals surface area (Å²) in [4.78, 5) is 16.3. The van der Waals surface area contributed by atoms with Gasteiger partial charge in [0.05, 0.1) is 25.0 Å². The molecular formula is C17H15ClN4O2. The van der Waals surface area contributed by atoms with Crippen LogP contribution in [0.4, 0.5) is 5.69 Å². The smallest absolute Gasteiger partial charge is 0.267 e. The van der Waals surface area contributed by atoms with E-state index < -0.39 is 5.91 Å². The van der Waals surface area contributed by atoms with E-state index >= 15 is 0 Å². The molecule has 0 saturated carbocycles. The first-order valence-corrected chi connectivity index (χ1v) is 7.40. The van der Waals surface area contributed by atoms with E-state index in [1.54, 1.807) is 24.4 Å². The fraction of sp³-hybridized carbons (Fsp3) is 0.118. The van der Waals surface area contributed by atoms with E-state index in [4.69, 9.17) is 21.6 Å². The molecule has 0 unspecified atom stereocenters. The summed E-state index contributed by atoms with van der Waals surface area (Å²) in [5.41, 5.74) is 1.11. The number of ether oxygens (including phenoxy) is 1. The summed E-state index contributed by atoms with van der Waals surface area (Å²) in [6.45, 7) is 0.403. The lowest BCUT2D eigenvalue weighted by Crippen LogP contribution is -2.17. The number of carbonyl (C=O) groups excluding carboxylic acids is 1. The Morgan fingerprint density at radius 1 is 1.42 bits per heavy atom. The summed E-state index contributed by atoms with van der Waals surface area (Å²) < 4.78 is 5.15. The van der Waals surface area contributed by atoms with Crippen molar-refractivity contribution < 1.29 is 9.53 Å². The van der Waals surface area contributed by atoms with Gasteiger partial charge in [0.2, 0.25) is 0 Å².